The molecule has 1 heterocycles. The van der Waals surface area contributed by atoms with Crippen molar-refractivity contribution in [2.75, 3.05) is 26.7 Å². The fourth-order valence-corrected chi connectivity index (χ4v) is 2.07. The molecule has 2 N–H and O–H groups in total. The van der Waals surface area contributed by atoms with Crippen molar-refractivity contribution >= 4 is 0 Å². The molecule has 13 heavy (non-hydrogen) atoms. The van der Waals surface area contributed by atoms with Gasteiger partial charge in [0.25, 0.3) is 0 Å². The highest BCUT2D eigenvalue weighted by atomic mass is 19.3. The van der Waals surface area contributed by atoms with Crippen LogP contribution in [-0.2, 0) is 0 Å². The fraction of sp³-hybridized carbons (Fsp3) is 1.00. The van der Waals surface area contributed by atoms with Crippen molar-refractivity contribution in [3.05, 3.63) is 0 Å². The molecule has 1 aliphatic heterocycles. The fourth-order valence-electron chi connectivity index (χ4n) is 2.07. The lowest BCUT2D eigenvalue weighted by Crippen LogP contribution is -2.41. The standard InChI is InChI=1S/C9H18F2N2/c1-13-3-2-7(5-12)8(6-13)4-9(10)11/h7-9H,2-6,12H2,1H3. The average Bonchev–Trinajstić information content (AvgIpc) is 2.03. The van der Waals surface area contributed by atoms with Crippen LogP contribution in [0.2, 0.25) is 0 Å². The van der Waals surface area contributed by atoms with E-state index in [-0.39, 0.29) is 12.3 Å². The number of piperidine rings is 1. The maximum Gasteiger partial charge on any atom is 0.239 e. The summed E-state index contributed by atoms with van der Waals surface area (Å²) in [6.07, 6.45) is -1.22. The zero-order valence-electron chi connectivity index (χ0n) is 8.05. The molecule has 0 aromatic rings. The molecule has 2 unspecified atom stereocenters. The summed E-state index contributed by atoms with van der Waals surface area (Å²) in [5.74, 6) is 0.383. The van der Waals surface area contributed by atoms with Crippen LogP contribution in [0.15, 0.2) is 0 Å². The Kier molecular flexibility index (Phi) is 4.06. The third-order valence-electron chi connectivity index (χ3n) is 2.88. The lowest BCUT2D eigenvalue weighted by atomic mass is 9.83. The van der Waals surface area contributed by atoms with Gasteiger partial charge in [-0.3, -0.25) is 0 Å². The van der Waals surface area contributed by atoms with Gasteiger partial charge in [0.2, 0.25) is 6.43 Å². The molecule has 0 aromatic heterocycles. The van der Waals surface area contributed by atoms with E-state index in [1.165, 1.54) is 0 Å². The van der Waals surface area contributed by atoms with Gasteiger partial charge in [0.1, 0.15) is 0 Å². The Labute approximate surface area is 78.1 Å². The van der Waals surface area contributed by atoms with Crippen LogP contribution in [0.1, 0.15) is 12.8 Å². The molecule has 0 saturated carbocycles. The van der Waals surface area contributed by atoms with Crippen molar-refractivity contribution < 1.29 is 8.78 Å². The molecule has 4 heteroatoms. The van der Waals surface area contributed by atoms with E-state index < -0.39 is 6.43 Å². The molecular weight excluding hydrogens is 174 g/mol. The van der Waals surface area contributed by atoms with Crippen molar-refractivity contribution in [3.8, 4) is 0 Å². The summed E-state index contributed by atoms with van der Waals surface area (Å²) in [5.41, 5.74) is 5.55. The minimum atomic E-state index is -2.19. The highest BCUT2D eigenvalue weighted by Gasteiger charge is 2.28. The molecule has 0 radical (unpaired) electrons. The molecule has 1 saturated heterocycles. The topological polar surface area (TPSA) is 29.3 Å². The summed E-state index contributed by atoms with van der Waals surface area (Å²) in [7, 11) is 1.98. The first-order valence-corrected chi connectivity index (χ1v) is 4.80. The second-order valence-electron chi connectivity index (χ2n) is 3.93. The Bertz CT molecular complexity index is 151. The first-order chi connectivity index (χ1) is 6.13. The van der Waals surface area contributed by atoms with E-state index in [9.17, 15) is 8.78 Å². The van der Waals surface area contributed by atoms with Crippen LogP contribution < -0.4 is 5.73 Å². The van der Waals surface area contributed by atoms with E-state index in [1.807, 2.05) is 7.05 Å². The Hall–Kier alpha value is -0.220. The molecule has 78 valence electrons. The molecular formula is C9H18F2N2. The lowest BCUT2D eigenvalue weighted by Gasteiger charge is -2.36. The first-order valence-electron chi connectivity index (χ1n) is 4.80. The van der Waals surface area contributed by atoms with Crippen LogP contribution >= 0.6 is 0 Å². The molecule has 0 aliphatic carbocycles. The number of rotatable bonds is 3. The number of hydrogen-bond donors (Lipinski definition) is 1. The van der Waals surface area contributed by atoms with Gasteiger partial charge < -0.3 is 10.6 Å². The zero-order valence-corrected chi connectivity index (χ0v) is 8.05. The SMILES string of the molecule is CN1CCC(CN)C(CC(F)F)C1. The summed E-state index contributed by atoms with van der Waals surface area (Å²) in [6.45, 7) is 2.30. The van der Waals surface area contributed by atoms with Crippen LogP contribution in [-0.4, -0.2) is 38.0 Å². The number of hydrogen-bond acceptors (Lipinski definition) is 2. The summed E-state index contributed by atoms with van der Waals surface area (Å²) < 4.78 is 24.4. The lowest BCUT2D eigenvalue weighted by molar-refractivity contribution is 0.0613. The first kappa shape index (κ1) is 10.9. The number of alkyl halides is 2. The van der Waals surface area contributed by atoms with Gasteiger partial charge in [-0.25, -0.2) is 8.78 Å². The third-order valence-corrected chi connectivity index (χ3v) is 2.88. The highest BCUT2D eigenvalue weighted by molar-refractivity contribution is 4.80. The second kappa shape index (κ2) is 4.86. The van der Waals surface area contributed by atoms with Crippen LogP contribution in [0.25, 0.3) is 0 Å². The Morgan fingerprint density at radius 3 is 2.69 bits per heavy atom. The normalized spacial score (nSPS) is 31.2. The van der Waals surface area contributed by atoms with E-state index in [4.69, 9.17) is 5.73 Å². The van der Waals surface area contributed by atoms with Gasteiger partial charge in [-0.05, 0) is 38.4 Å². The van der Waals surface area contributed by atoms with Crippen LogP contribution in [0, 0.1) is 11.8 Å². The minimum absolute atomic E-state index is 0.00616. The van der Waals surface area contributed by atoms with Crippen molar-refractivity contribution in [1.82, 2.24) is 4.90 Å². The quantitative estimate of drug-likeness (QED) is 0.727. The van der Waals surface area contributed by atoms with Crippen molar-refractivity contribution in [1.29, 1.82) is 0 Å². The summed E-state index contributed by atoms with van der Waals surface area (Å²) in [5, 5.41) is 0. The predicted octanol–water partition coefficient (Wildman–Crippen LogP) is 1.17. The molecule has 0 aromatic carbocycles. The predicted molar refractivity (Wildman–Crippen MR) is 48.8 cm³/mol. The third kappa shape index (κ3) is 3.19. The van der Waals surface area contributed by atoms with Gasteiger partial charge in [0, 0.05) is 13.0 Å². The van der Waals surface area contributed by atoms with Crippen LogP contribution in [0.5, 0.6) is 0 Å². The number of likely N-dealkylation sites (tertiary alicyclic amines) is 1. The Morgan fingerprint density at radius 1 is 1.46 bits per heavy atom. The van der Waals surface area contributed by atoms with Gasteiger partial charge in [0.05, 0.1) is 0 Å². The summed E-state index contributed by atoms with van der Waals surface area (Å²) in [4.78, 5) is 2.11. The zero-order chi connectivity index (χ0) is 9.84. The number of nitrogens with zero attached hydrogens (tertiary/aromatic N) is 1. The van der Waals surface area contributed by atoms with E-state index >= 15 is 0 Å². The van der Waals surface area contributed by atoms with Gasteiger partial charge >= 0.3 is 0 Å². The Morgan fingerprint density at radius 2 is 2.15 bits per heavy atom. The molecule has 2 atom stereocenters. The second-order valence-corrected chi connectivity index (χ2v) is 3.93. The molecule has 0 bridgehead atoms. The van der Waals surface area contributed by atoms with E-state index in [1.54, 1.807) is 0 Å². The average molecular weight is 192 g/mol. The van der Waals surface area contributed by atoms with Gasteiger partial charge in [-0.15, -0.1) is 0 Å². The van der Waals surface area contributed by atoms with Crippen LogP contribution in [0.3, 0.4) is 0 Å². The molecule has 0 amide bonds. The van der Waals surface area contributed by atoms with Crippen LogP contribution in [0.4, 0.5) is 8.78 Å². The maximum atomic E-state index is 12.2. The van der Waals surface area contributed by atoms with Gasteiger partial charge in [-0.1, -0.05) is 0 Å². The van der Waals surface area contributed by atoms with Crippen molar-refractivity contribution in [3.63, 3.8) is 0 Å². The summed E-state index contributed by atoms with van der Waals surface area (Å²) in [6, 6.07) is 0. The van der Waals surface area contributed by atoms with Crippen molar-refractivity contribution in [2.24, 2.45) is 17.6 Å². The number of halogens is 2. The highest BCUT2D eigenvalue weighted by Crippen LogP contribution is 2.26. The molecule has 2 nitrogen and oxygen atoms in total. The van der Waals surface area contributed by atoms with E-state index in [0.29, 0.717) is 12.5 Å². The van der Waals surface area contributed by atoms with E-state index in [0.717, 1.165) is 19.5 Å². The Balaban J connectivity index is 2.44. The molecule has 1 rings (SSSR count). The van der Waals surface area contributed by atoms with Gasteiger partial charge in [-0.2, -0.15) is 0 Å². The molecule has 1 aliphatic rings. The number of nitrogens with two attached hydrogens (primary N) is 1. The molecule has 0 spiro atoms. The summed E-state index contributed by atoms with van der Waals surface area (Å²) >= 11 is 0. The minimum Gasteiger partial charge on any atom is -0.330 e. The van der Waals surface area contributed by atoms with Gasteiger partial charge in [0.15, 0.2) is 0 Å². The smallest absolute Gasteiger partial charge is 0.239 e. The molecule has 1 fully saturated rings. The maximum absolute atomic E-state index is 12.2. The monoisotopic (exact) mass is 192 g/mol. The largest absolute Gasteiger partial charge is 0.330 e. The van der Waals surface area contributed by atoms with E-state index in [2.05, 4.69) is 4.90 Å². The van der Waals surface area contributed by atoms with Crippen molar-refractivity contribution in [2.45, 2.75) is 19.3 Å².